The first-order valence-electron chi connectivity index (χ1n) is 6.82. The number of ether oxygens (including phenoxy) is 1. The minimum absolute atomic E-state index is 0.114. The number of carbonyl (C=O) groups is 1. The lowest BCUT2D eigenvalue weighted by Crippen LogP contribution is -2.08. The Balaban J connectivity index is 1.81. The third-order valence-electron chi connectivity index (χ3n) is 3.25. The van der Waals surface area contributed by atoms with Crippen LogP contribution in [0, 0.1) is 0 Å². The number of carbonyl (C=O) groups excluding carboxylic acids is 1. The van der Waals surface area contributed by atoms with Gasteiger partial charge in [-0.2, -0.15) is 0 Å². The van der Waals surface area contributed by atoms with Crippen molar-refractivity contribution < 1.29 is 19.7 Å². The van der Waals surface area contributed by atoms with E-state index in [-0.39, 0.29) is 17.5 Å². The molecule has 5 nitrogen and oxygen atoms in total. The molecule has 1 heterocycles. The summed E-state index contributed by atoms with van der Waals surface area (Å²) in [7, 11) is 0. The number of halogens is 2. The average molecular weight is 364 g/mol. The van der Waals surface area contributed by atoms with Crippen molar-refractivity contribution in [2.45, 2.75) is 0 Å². The molecule has 0 bridgehead atoms. The molecule has 0 spiro atoms. The van der Waals surface area contributed by atoms with Crippen LogP contribution in [0.4, 0.5) is 0 Å². The van der Waals surface area contributed by atoms with Gasteiger partial charge in [-0.1, -0.05) is 23.2 Å². The standard InChI is InChI=1S/C17H11Cl2NO4/c18-11-7-12(19)9-14(8-11)24-17(23)10-1-3-13(4-2-10)20-15(21)5-6-16(20)22/h1-9,21-22H. The highest BCUT2D eigenvalue weighted by Gasteiger charge is 2.12. The SMILES string of the molecule is O=C(Oc1cc(Cl)cc(Cl)c1)c1ccc(-n2c(O)ccc2O)cc1. The van der Waals surface area contributed by atoms with Gasteiger partial charge in [-0.05, 0) is 42.5 Å². The van der Waals surface area contributed by atoms with E-state index in [1.54, 1.807) is 12.1 Å². The fourth-order valence-corrected chi connectivity index (χ4v) is 2.69. The van der Waals surface area contributed by atoms with E-state index < -0.39 is 5.97 Å². The van der Waals surface area contributed by atoms with Crippen molar-refractivity contribution in [1.82, 2.24) is 4.57 Å². The number of benzene rings is 2. The maximum Gasteiger partial charge on any atom is 0.343 e. The molecule has 7 heteroatoms. The largest absolute Gasteiger partial charge is 0.494 e. The number of hydrogen-bond acceptors (Lipinski definition) is 4. The Hall–Kier alpha value is -2.63. The second-order valence-corrected chi connectivity index (χ2v) is 5.80. The van der Waals surface area contributed by atoms with Gasteiger partial charge < -0.3 is 14.9 Å². The van der Waals surface area contributed by atoms with Gasteiger partial charge in [-0.25, -0.2) is 4.79 Å². The molecule has 2 aromatic carbocycles. The molecule has 3 rings (SSSR count). The summed E-state index contributed by atoms with van der Waals surface area (Å²) in [6, 6.07) is 13.4. The molecule has 3 aromatic rings. The van der Waals surface area contributed by atoms with Crippen LogP contribution < -0.4 is 4.74 Å². The van der Waals surface area contributed by atoms with Gasteiger partial charge in [0.2, 0.25) is 0 Å². The first-order valence-corrected chi connectivity index (χ1v) is 7.58. The van der Waals surface area contributed by atoms with Gasteiger partial charge in [-0.3, -0.25) is 4.57 Å². The molecule has 0 aliphatic rings. The summed E-state index contributed by atoms with van der Waals surface area (Å²) < 4.78 is 6.45. The Labute approximate surface area is 147 Å². The predicted octanol–water partition coefficient (Wildman–Crippen LogP) is 4.41. The highest BCUT2D eigenvalue weighted by Crippen LogP contribution is 2.27. The molecule has 0 radical (unpaired) electrons. The lowest BCUT2D eigenvalue weighted by Gasteiger charge is -2.08. The zero-order chi connectivity index (χ0) is 17.3. The number of rotatable bonds is 3. The molecule has 24 heavy (non-hydrogen) atoms. The highest BCUT2D eigenvalue weighted by molar-refractivity contribution is 6.34. The lowest BCUT2D eigenvalue weighted by molar-refractivity contribution is 0.0735. The molecule has 0 aliphatic heterocycles. The predicted molar refractivity (Wildman–Crippen MR) is 90.5 cm³/mol. The van der Waals surface area contributed by atoms with E-state index in [2.05, 4.69) is 0 Å². The van der Waals surface area contributed by atoms with E-state index in [9.17, 15) is 15.0 Å². The van der Waals surface area contributed by atoms with Crippen molar-refractivity contribution in [2.24, 2.45) is 0 Å². The Morgan fingerprint density at radius 1 is 0.875 bits per heavy atom. The molecule has 0 saturated carbocycles. The molecule has 1 aromatic heterocycles. The van der Waals surface area contributed by atoms with Gasteiger partial charge >= 0.3 is 5.97 Å². The van der Waals surface area contributed by atoms with Crippen molar-refractivity contribution in [1.29, 1.82) is 0 Å². The van der Waals surface area contributed by atoms with Crippen LogP contribution in [0.1, 0.15) is 10.4 Å². The fraction of sp³-hybridized carbons (Fsp3) is 0. The van der Waals surface area contributed by atoms with E-state index in [4.69, 9.17) is 27.9 Å². The number of esters is 1. The third-order valence-corrected chi connectivity index (χ3v) is 3.68. The molecule has 0 aliphatic carbocycles. The first-order chi connectivity index (χ1) is 11.4. The van der Waals surface area contributed by atoms with Gasteiger partial charge in [0.15, 0.2) is 11.8 Å². The van der Waals surface area contributed by atoms with Crippen LogP contribution in [-0.2, 0) is 0 Å². The first kappa shape index (κ1) is 16.2. The quantitative estimate of drug-likeness (QED) is 0.533. The second-order valence-electron chi connectivity index (χ2n) is 4.93. The van der Waals surface area contributed by atoms with Crippen LogP contribution in [0.15, 0.2) is 54.6 Å². The maximum atomic E-state index is 12.2. The van der Waals surface area contributed by atoms with E-state index in [0.29, 0.717) is 21.3 Å². The molecular weight excluding hydrogens is 353 g/mol. The smallest absolute Gasteiger partial charge is 0.343 e. The molecule has 2 N–H and O–H groups in total. The zero-order valence-corrected chi connectivity index (χ0v) is 13.6. The third kappa shape index (κ3) is 3.32. The molecule has 0 fully saturated rings. The van der Waals surface area contributed by atoms with Crippen molar-refractivity contribution in [2.75, 3.05) is 0 Å². The minimum atomic E-state index is -0.583. The van der Waals surface area contributed by atoms with E-state index in [1.807, 2.05) is 0 Å². The molecule has 0 atom stereocenters. The van der Waals surface area contributed by atoms with Crippen LogP contribution >= 0.6 is 23.2 Å². The van der Waals surface area contributed by atoms with Crippen LogP contribution in [0.5, 0.6) is 17.5 Å². The van der Waals surface area contributed by atoms with Crippen molar-refractivity contribution in [3.05, 3.63) is 70.2 Å². The summed E-state index contributed by atoms with van der Waals surface area (Å²) in [5.74, 6) is -0.573. The highest BCUT2D eigenvalue weighted by atomic mass is 35.5. The lowest BCUT2D eigenvalue weighted by atomic mass is 10.2. The number of hydrogen-bond donors (Lipinski definition) is 2. The van der Waals surface area contributed by atoms with Gasteiger partial charge in [0.1, 0.15) is 5.75 Å². The summed E-state index contributed by atoms with van der Waals surface area (Å²) in [5, 5.41) is 20.1. The molecule has 0 saturated heterocycles. The summed E-state index contributed by atoms with van der Waals surface area (Å²) in [6.45, 7) is 0. The van der Waals surface area contributed by atoms with Crippen LogP contribution in [0.25, 0.3) is 5.69 Å². The number of aromatic nitrogens is 1. The van der Waals surface area contributed by atoms with Gasteiger partial charge in [0.25, 0.3) is 0 Å². The number of nitrogens with zero attached hydrogens (tertiary/aromatic N) is 1. The average Bonchev–Trinajstić information content (AvgIpc) is 2.85. The topological polar surface area (TPSA) is 71.7 Å². The Kier molecular flexibility index (Phi) is 4.38. The van der Waals surface area contributed by atoms with Gasteiger partial charge in [0.05, 0.1) is 11.3 Å². The maximum absolute atomic E-state index is 12.2. The minimum Gasteiger partial charge on any atom is -0.494 e. The van der Waals surface area contributed by atoms with Crippen LogP contribution in [0.3, 0.4) is 0 Å². The Morgan fingerprint density at radius 3 is 1.96 bits per heavy atom. The second kappa shape index (κ2) is 6.47. The Morgan fingerprint density at radius 2 is 1.42 bits per heavy atom. The monoisotopic (exact) mass is 363 g/mol. The summed E-state index contributed by atoms with van der Waals surface area (Å²) in [6.07, 6.45) is 0. The van der Waals surface area contributed by atoms with E-state index in [1.165, 1.54) is 47.0 Å². The molecule has 0 amide bonds. The summed E-state index contributed by atoms with van der Waals surface area (Å²) in [4.78, 5) is 12.2. The van der Waals surface area contributed by atoms with E-state index in [0.717, 1.165) is 0 Å². The molecule has 122 valence electrons. The fourth-order valence-electron chi connectivity index (χ4n) is 2.18. The summed E-state index contributed by atoms with van der Waals surface area (Å²) in [5.41, 5.74) is 0.790. The van der Waals surface area contributed by atoms with Crippen molar-refractivity contribution in [3.63, 3.8) is 0 Å². The van der Waals surface area contributed by atoms with Crippen LogP contribution in [-0.4, -0.2) is 20.7 Å². The Bertz CT molecular complexity index is 864. The van der Waals surface area contributed by atoms with Crippen molar-refractivity contribution in [3.8, 4) is 23.2 Å². The molecule has 0 unspecified atom stereocenters. The molecular formula is C17H11Cl2NO4. The van der Waals surface area contributed by atoms with Crippen LogP contribution in [0.2, 0.25) is 10.0 Å². The van der Waals surface area contributed by atoms with Crippen molar-refractivity contribution >= 4 is 29.2 Å². The zero-order valence-electron chi connectivity index (χ0n) is 12.1. The summed E-state index contributed by atoms with van der Waals surface area (Å²) >= 11 is 11.7. The normalized spacial score (nSPS) is 10.6. The van der Waals surface area contributed by atoms with Gasteiger partial charge in [0, 0.05) is 22.2 Å². The number of aromatic hydroxyl groups is 2. The van der Waals surface area contributed by atoms with E-state index >= 15 is 0 Å². The van der Waals surface area contributed by atoms with Gasteiger partial charge in [-0.15, -0.1) is 0 Å².